The third-order valence-electron chi connectivity index (χ3n) is 4.24. The maximum atomic E-state index is 12.0. The molecule has 2 amide bonds. The highest BCUT2D eigenvalue weighted by Crippen LogP contribution is 2.19. The van der Waals surface area contributed by atoms with E-state index >= 15 is 0 Å². The van der Waals surface area contributed by atoms with E-state index in [-0.39, 0.29) is 18.4 Å². The smallest absolute Gasteiger partial charge is 0.328 e. The van der Waals surface area contributed by atoms with Gasteiger partial charge in [0.1, 0.15) is 6.04 Å². The fourth-order valence-corrected chi connectivity index (χ4v) is 2.74. The molecule has 1 aliphatic rings. The molecule has 140 valence electrons. The van der Waals surface area contributed by atoms with E-state index in [1.165, 1.54) is 25.3 Å². The molecule has 6 heteroatoms. The number of hydrogen-bond acceptors (Lipinski definition) is 4. The van der Waals surface area contributed by atoms with Gasteiger partial charge >= 0.3 is 5.97 Å². The minimum atomic E-state index is -0.831. The van der Waals surface area contributed by atoms with Gasteiger partial charge in [0, 0.05) is 12.1 Å². The van der Waals surface area contributed by atoms with Crippen molar-refractivity contribution >= 4 is 17.8 Å². The van der Waals surface area contributed by atoms with Crippen LogP contribution in [0.25, 0.3) is 0 Å². The zero-order valence-electron chi connectivity index (χ0n) is 15.1. The monoisotopic (exact) mass is 358 g/mol. The lowest BCUT2D eigenvalue weighted by molar-refractivity contribution is -0.150. The minimum Gasteiger partial charge on any atom is -0.454 e. The second kappa shape index (κ2) is 10.4. The molecule has 0 unspecified atom stereocenters. The number of benzene rings is 1. The number of hydrogen-bond donors (Lipinski definition) is 2. The number of allylic oxidation sites excluding steroid dienone is 1. The molecule has 0 heterocycles. The molecule has 6 nitrogen and oxygen atoms in total. The van der Waals surface area contributed by atoms with Crippen LogP contribution in [0, 0.1) is 0 Å². The first-order chi connectivity index (χ1) is 12.6. The number of nitrogens with one attached hydrogen (secondary N) is 2. The van der Waals surface area contributed by atoms with Gasteiger partial charge in [-0.1, -0.05) is 29.8 Å². The Morgan fingerprint density at radius 3 is 2.62 bits per heavy atom. The van der Waals surface area contributed by atoms with E-state index in [2.05, 4.69) is 16.7 Å². The summed E-state index contributed by atoms with van der Waals surface area (Å²) in [4.78, 5) is 35.7. The third kappa shape index (κ3) is 6.70. The van der Waals surface area contributed by atoms with Crippen LogP contribution in [0.5, 0.6) is 0 Å². The van der Waals surface area contributed by atoms with Crippen LogP contribution >= 0.6 is 0 Å². The van der Waals surface area contributed by atoms with Crippen molar-refractivity contribution in [3.63, 3.8) is 0 Å². The summed E-state index contributed by atoms with van der Waals surface area (Å²) in [5, 5.41) is 5.30. The molecule has 1 atom stereocenters. The van der Waals surface area contributed by atoms with Crippen LogP contribution < -0.4 is 10.6 Å². The van der Waals surface area contributed by atoms with Crippen molar-refractivity contribution in [1.29, 1.82) is 0 Å². The van der Waals surface area contributed by atoms with Gasteiger partial charge in [-0.2, -0.15) is 0 Å². The average Bonchev–Trinajstić information content (AvgIpc) is 2.67. The second-order valence-corrected chi connectivity index (χ2v) is 6.38. The predicted octanol–water partition coefficient (Wildman–Crippen LogP) is 2.35. The number of amides is 2. The Hall–Kier alpha value is -2.63. The number of esters is 1. The van der Waals surface area contributed by atoms with E-state index in [1.54, 1.807) is 30.3 Å². The molecule has 0 saturated carbocycles. The summed E-state index contributed by atoms with van der Waals surface area (Å²) in [6.45, 7) is 1.72. The second-order valence-electron chi connectivity index (χ2n) is 6.38. The normalized spacial score (nSPS) is 14.7. The molecule has 0 radical (unpaired) electrons. The molecule has 0 aliphatic heterocycles. The molecule has 0 fully saturated rings. The fraction of sp³-hybridized carbons (Fsp3) is 0.450. The zero-order chi connectivity index (χ0) is 18.8. The standard InChI is InChI=1S/C20H26N2O4/c1-15(22-19(24)17-10-6-3-7-11-17)20(25)26-14-18(23)21-13-12-16-8-4-2-5-9-16/h3,6-8,10-11,15H,2,4-5,9,12-14H2,1H3,(H,21,23)(H,22,24)/t15-/m0/s1. The van der Waals surface area contributed by atoms with Crippen LogP contribution in [0.15, 0.2) is 42.0 Å². The first-order valence-corrected chi connectivity index (χ1v) is 9.03. The van der Waals surface area contributed by atoms with E-state index < -0.39 is 12.0 Å². The summed E-state index contributed by atoms with van der Waals surface area (Å²) in [5.41, 5.74) is 1.84. The number of rotatable bonds is 8. The molecular formula is C20H26N2O4. The molecule has 0 bridgehead atoms. The minimum absolute atomic E-state index is 0.337. The van der Waals surface area contributed by atoms with Crippen molar-refractivity contribution in [2.75, 3.05) is 13.2 Å². The van der Waals surface area contributed by atoms with Crippen molar-refractivity contribution in [2.45, 2.75) is 45.1 Å². The van der Waals surface area contributed by atoms with Gasteiger partial charge in [-0.25, -0.2) is 4.79 Å². The zero-order valence-corrected chi connectivity index (χ0v) is 15.1. The summed E-state index contributed by atoms with van der Waals surface area (Å²) in [7, 11) is 0. The molecule has 0 spiro atoms. The molecule has 1 aliphatic carbocycles. The van der Waals surface area contributed by atoms with Crippen LogP contribution in [0.2, 0.25) is 0 Å². The Balaban J connectivity index is 1.64. The van der Waals surface area contributed by atoms with Crippen molar-refractivity contribution in [1.82, 2.24) is 10.6 Å². The highest BCUT2D eigenvalue weighted by Gasteiger charge is 2.18. The summed E-state index contributed by atoms with van der Waals surface area (Å²) >= 11 is 0. The largest absolute Gasteiger partial charge is 0.454 e. The first-order valence-electron chi connectivity index (χ1n) is 9.03. The van der Waals surface area contributed by atoms with Crippen LogP contribution in [0.3, 0.4) is 0 Å². The van der Waals surface area contributed by atoms with Crippen LogP contribution in [0.4, 0.5) is 0 Å². The van der Waals surface area contributed by atoms with Crippen molar-refractivity contribution in [2.24, 2.45) is 0 Å². The van der Waals surface area contributed by atoms with Crippen molar-refractivity contribution < 1.29 is 19.1 Å². The highest BCUT2D eigenvalue weighted by molar-refractivity contribution is 5.96. The molecule has 26 heavy (non-hydrogen) atoms. The van der Waals surface area contributed by atoms with Crippen molar-refractivity contribution in [3.8, 4) is 0 Å². The molecule has 0 saturated heterocycles. The molecular weight excluding hydrogens is 332 g/mol. The Bertz CT molecular complexity index is 655. The Kier molecular flexibility index (Phi) is 7.86. The third-order valence-corrected chi connectivity index (χ3v) is 4.24. The Labute approximate surface area is 154 Å². The lowest BCUT2D eigenvalue weighted by Gasteiger charge is -2.14. The topological polar surface area (TPSA) is 84.5 Å². The lowest BCUT2D eigenvalue weighted by Crippen LogP contribution is -2.41. The fourth-order valence-electron chi connectivity index (χ4n) is 2.74. The molecule has 2 N–H and O–H groups in total. The van der Waals surface area contributed by atoms with Gasteiger partial charge in [-0.05, 0) is 51.2 Å². The van der Waals surface area contributed by atoms with Gasteiger partial charge in [-0.15, -0.1) is 0 Å². The van der Waals surface area contributed by atoms with Crippen LogP contribution in [-0.4, -0.2) is 37.0 Å². The summed E-state index contributed by atoms with van der Waals surface area (Å²) in [5.74, 6) is -1.34. The van der Waals surface area contributed by atoms with Crippen molar-refractivity contribution in [3.05, 3.63) is 47.5 Å². The average molecular weight is 358 g/mol. The van der Waals surface area contributed by atoms with E-state index in [4.69, 9.17) is 4.74 Å². The quantitative estimate of drug-likeness (QED) is 0.552. The van der Waals surface area contributed by atoms with E-state index in [0.717, 1.165) is 19.3 Å². The number of carbonyl (C=O) groups is 3. The molecule has 1 aromatic rings. The van der Waals surface area contributed by atoms with Gasteiger partial charge in [-0.3, -0.25) is 9.59 Å². The van der Waals surface area contributed by atoms with Gasteiger partial charge < -0.3 is 15.4 Å². The van der Waals surface area contributed by atoms with E-state index in [0.29, 0.717) is 12.1 Å². The maximum absolute atomic E-state index is 12.0. The summed E-state index contributed by atoms with van der Waals surface area (Å²) < 4.78 is 4.96. The Morgan fingerprint density at radius 2 is 1.92 bits per heavy atom. The molecule has 1 aromatic carbocycles. The SMILES string of the molecule is C[C@H](NC(=O)c1ccccc1)C(=O)OCC(=O)NCCC1=CCCCC1. The molecule has 2 rings (SSSR count). The number of ether oxygens (including phenoxy) is 1. The van der Waals surface area contributed by atoms with E-state index in [1.807, 2.05) is 0 Å². The molecule has 0 aromatic heterocycles. The van der Waals surface area contributed by atoms with E-state index in [9.17, 15) is 14.4 Å². The maximum Gasteiger partial charge on any atom is 0.328 e. The summed E-state index contributed by atoms with van der Waals surface area (Å²) in [6.07, 6.45) is 7.75. The lowest BCUT2D eigenvalue weighted by atomic mass is 9.97. The van der Waals surface area contributed by atoms with Gasteiger partial charge in [0.15, 0.2) is 6.61 Å². The van der Waals surface area contributed by atoms with Gasteiger partial charge in [0.2, 0.25) is 0 Å². The first kappa shape index (κ1) is 19.7. The van der Waals surface area contributed by atoms with Gasteiger partial charge in [0.05, 0.1) is 0 Å². The van der Waals surface area contributed by atoms with Gasteiger partial charge in [0.25, 0.3) is 11.8 Å². The summed E-state index contributed by atoms with van der Waals surface area (Å²) in [6, 6.07) is 7.77. The highest BCUT2D eigenvalue weighted by atomic mass is 16.5. The van der Waals surface area contributed by atoms with Crippen LogP contribution in [0.1, 0.15) is 49.4 Å². The Morgan fingerprint density at radius 1 is 1.15 bits per heavy atom. The predicted molar refractivity (Wildman–Crippen MR) is 98.5 cm³/mol. The van der Waals surface area contributed by atoms with Crippen LogP contribution in [-0.2, 0) is 14.3 Å². The number of carbonyl (C=O) groups excluding carboxylic acids is 3.